The molecule has 0 aromatic heterocycles. The van der Waals surface area contributed by atoms with E-state index in [0.29, 0.717) is 17.8 Å². The Morgan fingerprint density at radius 2 is 1.71 bits per heavy atom. The first-order valence-electron chi connectivity index (χ1n) is 7.42. The number of aryl methyl sites for hydroxylation is 1. The van der Waals surface area contributed by atoms with Crippen molar-refractivity contribution < 1.29 is 4.79 Å². The summed E-state index contributed by atoms with van der Waals surface area (Å²) in [6.07, 6.45) is 1.85. The molecule has 1 amide bonds. The zero-order chi connectivity index (χ0) is 15.2. The molecule has 0 unspecified atom stereocenters. The lowest BCUT2D eigenvalue weighted by Gasteiger charge is -2.24. The fourth-order valence-corrected chi connectivity index (χ4v) is 2.33. The highest BCUT2D eigenvalue weighted by atomic mass is 16.2. The summed E-state index contributed by atoms with van der Waals surface area (Å²) < 4.78 is 0. The Hall–Kier alpha value is -2.29. The van der Waals surface area contributed by atoms with Crippen molar-refractivity contribution in [1.82, 2.24) is 0 Å². The van der Waals surface area contributed by atoms with Crippen molar-refractivity contribution in [3.05, 3.63) is 59.7 Å². The van der Waals surface area contributed by atoms with Crippen molar-refractivity contribution in [2.24, 2.45) is 0 Å². The number of carbonyl (C=O) groups excluding carboxylic acids is 1. The zero-order valence-electron chi connectivity index (χ0n) is 12.7. The molecule has 0 radical (unpaired) electrons. The number of hydrogen-bond donors (Lipinski definition) is 1. The minimum Gasteiger partial charge on any atom is -0.397 e. The Labute approximate surface area is 126 Å². The van der Waals surface area contributed by atoms with E-state index in [-0.39, 0.29) is 5.91 Å². The molecule has 21 heavy (non-hydrogen) atoms. The second kappa shape index (κ2) is 6.93. The number of hydrogen-bond acceptors (Lipinski definition) is 2. The highest BCUT2D eigenvalue weighted by Crippen LogP contribution is 2.24. The molecule has 3 heteroatoms. The summed E-state index contributed by atoms with van der Waals surface area (Å²) in [5.41, 5.74) is 9.36. The molecule has 110 valence electrons. The number of benzene rings is 2. The van der Waals surface area contributed by atoms with Crippen LogP contribution in [0.4, 0.5) is 11.4 Å². The van der Waals surface area contributed by atoms with Crippen LogP contribution in [0, 0.1) is 0 Å². The molecule has 0 aliphatic heterocycles. The molecule has 0 spiro atoms. The Balaban J connectivity index is 2.33. The maximum atomic E-state index is 12.8. The Morgan fingerprint density at radius 3 is 2.29 bits per heavy atom. The molecule has 0 bridgehead atoms. The maximum Gasteiger partial charge on any atom is 0.258 e. The van der Waals surface area contributed by atoms with Crippen LogP contribution in [0.25, 0.3) is 0 Å². The van der Waals surface area contributed by atoms with Gasteiger partial charge in [-0.05, 0) is 42.7 Å². The van der Waals surface area contributed by atoms with Crippen molar-refractivity contribution in [2.45, 2.75) is 26.7 Å². The van der Waals surface area contributed by atoms with Crippen molar-refractivity contribution in [3.8, 4) is 0 Å². The van der Waals surface area contributed by atoms with Crippen LogP contribution in [0.2, 0.25) is 0 Å². The van der Waals surface area contributed by atoms with Crippen LogP contribution in [0.3, 0.4) is 0 Å². The van der Waals surface area contributed by atoms with Crippen molar-refractivity contribution >= 4 is 17.3 Å². The number of anilines is 2. The van der Waals surface area contributed by atoms with Gasteiger partial charge in [0.05, 0.1) is 11.4 Å². The van der Waals surface area contributed by atoms with Gasteiger partial charge in [-0.2, -0.15) is 0 Å². The fraction of sp³-hybridized carbons (Fsp3) is 0.278. The molecule has 0 aliphatic carbocycles. The molecule has 2 rings (SSSR count). The number of carbonyl (C=O) groups is 1. The van der Waals surface area contributed by atoms with Gasteiger partial charge in [-0.15, -0.1) is 0 Å². The van der Waals surface area contributed by atoms with E-state index in [1.165, 1.54) is 5.56 Å². The molecule has 3 nitrogen and oxygen atoms in total. The summed E-state index contributed by atoms with van der Waals surface area (Å²) in [6, 6.07) is 15.3. The summed E-state index contributed by atoms with van der Waals surface area (Å²) in [5, 5.41) is 0. The quantitative estimate of drug-likeness (QED) is 0.846. The van der Waals surface area contributed by atoms with E-state index >= 15 is 0 Å². The number of nitrogens with zero attached hydrogens (tertiary/aromatic N) is 1. The summed E-state index contributed by atoms with van der Waals surface area (Å²) in [4.78, 5) is 14.5. The molecule has 0 atom stereocenters. The van der Waals surface area contributed by atoms with Gasteiger partial charge in [-0.25, -0.2) is 0 Å². The molecule has 0 saturated carbocycles. The number of nitrogen functional groups attached to an aromatic ring is 1. The summed E-state index contributed by atoms with van der Waals surface area (Å²) in [6.45, 7) is 4.81. The van der Waals surface area contributed by atoms with Crippen molar-refractivity contribution in [1.29, 1.82) is 0 Å². The Morgan fingerprint density at radius 1 is 1.05 bits per heavy atom. The first kappa shape index (κ1) is 15.1. The fourth-order valence-electron chi connectivity index (χ4n) is 2.33. The van der Waals surface area contributed by atoms with Crippen LogP contribution in [-0.2, 0) is 6.42 Å². The van der Waals surface area contributed by atoms with Gasteiger partial charge in [-0.3, -0.25) is 4.79 Å². The number of para-hydroxylation sites is 2. The molecular weight excluding hydrogens is 260 g/mol. The maximum absolute atomic E-state index is 12.8. The average molecular weight is 282 g/mol. The highest BCUT2D eigenvalue weighted by Gasteiger charge is 2.18. The van der Waals surface area contributed by atoms with Crippen LogP contribution in [0.15, 0.2) is 48.5 Å². The monoisotopic (exact) mass is 282 g/mol. The number of rotatable bonds is 5. The lowest BCUT2D eigenvalue weighted by molar-refractivity contribution is 0.0987. The SMILES string of the molecule is CCCN(C(=O)c1ccc(CC)cc1)c1ccccc1N. The highest BCUT2D eigenvalue weighted by molar-refractivity contribution is 6.07. The zero-order valence-corrected chi connectivity index (χ0v) is 12.7. The lowest BCUT2D eigenvalue weighted by atomic mass is 10.1. The smallest absolute Gasteiger partial charge is 0.258 e. The average Bonchev–Trinajstić information content (AvgIpc) is 2.53. The van der Waals surface area contributed by atoms with E-state index in [9.17, 15) is 4.79 Å². The van der Waals surface area contributed by atoms with Crippen molar-refractivity contribution in [3.63, 3.8) is 0 Å². The third kappa shape index (κ3) is 3.43. The standard InChI is InChI=1S/C18H22N2O/c1-3-13-20(17-8-6-5-7-16(17)19)18(21)15-11-9-14(4-2)10-12-15/h5-12H,3-4,13,19H2,1-2H3. The predicted octanol–water partition coefficient (Wildman–Crippen LogP) is 3.89. The van der Waals surface area contributed by atoms with E-state index in [0.717, 1.165) is 18.5 Å². The summed E-state index contributed by atoms with van der Waals surface area (Å²) in [5.74, 6) is -0.00240. The molecular formula is C18H22N2O. The van der Waals surface area contributed by atoms with Crippen molar-refractivity contribution in [2.75, 3.05) is 17.2 Å². The van der Waals surface area contributed by atoms with Gasteiger partial charge in [0.1, 0.15) is 0 Å². The van der Waals surface area contributed by atoms with E-state index in [1.54, 1.807) is 4.90 Å². The molecule has 2 aromatic carbocycles. The van der Waals surface area contributed by atoms with Crippen LogP contribution >= 0.6 is 0 Å². The first-order valence-corrected chi connectivity index (χ1v) is 7.42. The van der Waals surface area contributed by atoms with Gasteiger partial charge >= 0.3 is 0 Å². The largest absolute Gasteiger partial charge is 0.397 e. The molecule has 0 heterocycles. The second-order valence-corrected chi connectivity index (χ2v) is 5.07. The van der Waals surface area contributed by atoms with E-state index in [2.05, 4.69) is 13.8 Å². The molecule has 0 fully saturated rings. The summed E-state index contributed by atoms with van der Waals surface area (Å²) >= 11 is 0. The topological polar surface area (TPSA) is 46.3 Å². The van der Waals surface area contributed by atoms with Crippen LogP contribution < -0.4 is 10.6 Å². The van der Waals surface area contributed by atoms with Crippen LogP contribution in [-0.4, -0.2) is 12.5 Å². The lowest BCUT2D eigenvalue weighted by Crippen LogP contribution is -2.32. The van der Waals surface area contributed by atoms with Crippen LogP contribution in [0.5, 0.6) is 0 Å². The third-order valence-corrected chi connectivity index (χ3v) is 3.53. The minimum absolute atomic E-state index is 0.00240. The Bertz CT molecular complexity index is 605. The predicted molar refractivity (Wildman–Crippen MR) is 88.6 cm³/mol. The van der Waals surface area contributed by atoms with E-state index < -0.39 is 0 Å². The number of nitrogens with two attached hydrogens (primary N) is 1. The second-order valence-electron chi connectivity index (χ2n) is 5.07. The Kier molecular flexibility index (Phi) is 4.99. The van der Waals surface area contributed by atoms with Gasteiger partial charge in [0.25, 0.3) is 5.91 Å². The van der Waals surface area contributed by atoms with Gasteiger partial charge < -0.3 is 10.6 Å². The minimum atomic E-state index is -0.00240. The van der Waals surface area contributed by atoms with Crippen LogP contribution in [0.1, 0.15) is 36.2 Å². The molecule has 2 aromatic rings. The van der Waals surface area contributed by atoms with Gasteiger partial charge in [0, 0.05) is 12.1 Å². The molecule has 2 N–H and O–H groups in total. The number of amides is 1. The van der Waals surface area contributed by atoms with E-state index in [1.807, 2.05) is 48.5 Å². The van der Waals surface area contributed by atoms with Gasteiger partial charge in [0.2, 0.25) is 0 Å². The normalized spacial score (nSPS) is 10.4. The summed E-state index contributed by atoms with van der Waals surface area (Å²) in [7, 11) is 0. The van der Waals surface area contributed by atoms with E-state index in [4.69, 9.17) is 5.73 Å². The molecule has 0 saturated heterocycles. The molecule has 0 aliphatic rings. The third-order valence-electron chi connectivity index (χ3n) is 3.53. The van der Waals surface area contributed by atoms with Gasteiger partial charge in [0.15, 0.2) is 0 Å². The van der Waals surface area contributed by atoms with Gasteiger partial charge in [-0.1, -0.05) is 38.1 Å². The first-order chi connectivity index (χ1) is 10.2.